The second kappa shape index (κ2) is 5.65. The van der Waals surface area contributed by atoms with E-state index >= 15 is 0 Å². The van der Waals surface area contributed by atoms with E-state index in [4.69, 9.17) is 10.7 Å². The number of carbonyl (C=O) groups excluding carboxylic acids is 1. The molecule has 0 radical (unpaired) electrons. The number of rotatable bonds is 4. The van der Waals surface area contributed by atoms with Crippen molar-refractivity contribution in [2.45, 2.75) is 25.8 Å². The number of primary amides is 1. The molecule has 1 unspecified atom stereocenters. The molecule has 2 aromatic heterocycles. The van der Waals surface area contributed by atoms with Gasteiger partial charge in [0.25, 0.3) is 0 Å². The van der Waals surface area contributed by atoms with Gasteiger partial charge >= 0.3 is 0 Å². The van der Waals surface area contributed by atoms with Gasteiger partial charge in [-0.05, 0) is 38.4 Å². The minimum Gasteiger partial charge on any atom is -0.369 e. The zero-order valence-corrected chi connectivity index (χ0v) is 12.1. The fraction of sp³-hybridized carbons (Fsp3) is 0.400. The molecule has 21 heavy (non-hydrogen) atoms. The van der Waals surface area contributed by atoms with Crippen LogP contribution in [0, 0.1) is 6.92 Å². The van der Waals surface area contributed by atoms with Gasteiger partial charge in [-0.15, -0.1) is 0 Å². The van der Waals surface area contributed by atoms with Crippen molar-refractivity contribution in [2.75, 3.05) is 13.1 Å². The van der Waals surface area contributed by atoms with Gasteiger partial charge in [-0.1, -0.05) is 6.07 Å². The number of likely N-dealkylation sites (tertiary alicyclic amines) is 1. The molecule has 1 saturated heterocycles. The predicted octanol–water partition coefficient (Wildman–Crippen LogP) is 1.20. The maximum absolute atomic E-state index is 11.2. The first-order valence-electron chi connectivity index (χ1n) is 7.15. The van der Waals surface area contributed by atoms with Crippen LogP contribution in [-0.4, -0.2) is 38.4 Å². The third kappa shape index (κ3) is 2.80. The molecule has 0 bridgehead atoms. The highest BCUT2D eigenvalue weighted by Gasteiger charge is 2.28. The molecule has 1 amide bonds. The fourth-order valence-corrected chi connectivity index (χ4v) is 2.93. The summed E-state index contributed by atoms with van der Waals surface area (Å²) in [6, 6.07) is 6.14. The molecule has 0 spiro atoms. The van der Waals surface area contributed by atoms with E-state index < -0.39 is 0 Å². The molecular weight excluding hydrogens is 266 g/mol. The van der Waals surface area contributed by atoms with Crippen molar-refractivity contribution < 1.29 is 4.79 Å². The highest BCUT2D eigenvalue weighted by Crippen LogP contribution is 2.30. The van der Waals surface area contributed by atoms with Crippen molar-refractivity contribution in [3.05, 3.63) is 42.1 Å². The second-order valence-corrected chi connectivity index (χ2v) is 5.36. The van der Waals surface area contributed by atoms with E-state index in [0.717, 1.165) is 36.7 Å². The summed E-state index contributed by atoms with van der Waals surface area (Å²) in [5.74, 6) is 1.47. The Hall–Kier alpha value is -2.21. The Bertz CT molecular complexity index is 651. The molecule has 110 valence electrons. The first kappa shape index (κ1) is 13.8. The molecule has 0 aromatic carbocycles. The maximum atomic E-state index is 11.2. The van der Waals surface area contributed by atoms with Crippen molar-refractivity contribution in [1.29, 1.82) is 0 Å². The van der Waals surface area contributed by atoms with Crippen LogP contribution in [0.25, 0.3) is 5.82 Å². The molecule has 0 aliphatic carbocycles. The number of nitrogens with two attached hydrogens (primary N) is 1. The molecule has 6 nitrogen and oxygen atoms in total. The van der Waals surface area contributed by atoms with Crippen LogP contribution in [0.3, 0.4) is 0 Å². The number of hydrogen-bond donors (Lipinski definition) is 1. The Morgan fingerprint density at radius 2 is 2.33 bits per heavy atom. The van der Waals surface area contributed by atoms with E-state index in [0.29, 0.717) is 6.54 Å². The van der Waals surface area contributed by atoms with Crippen LogP contribution >= 0.6 is 0 Å². The average Bonchev–Trinajstić information content (AvgIpc) is 3.07. The number of nitrogens with zero attached hydrogens (tertiary/aromatic N) is 4. The number of imidazole rings is 1. The Kier molecular flexibility index (Phi) is 3.70. The van der Waals surface area contributed by atoms with Gasteiger partial charge in [0, 0.05) is 12.4 Å². The summed E-state index contributed by atoms with van der Waals surface area (Å²) in [6.45, 7) is 3.13. The number of pyridine rings is 1. The summed E-state index contributed by atoms with van der Waals surface area (Å²) >= 11 is 0. The number of aryl methyl sites for hydroxylation is 1. The van der Waals surface area contributed by atoms with Crippen LogP contribution in [0.2, 0.25) is 0 Å². The molecule has 2 N–H and O–H groups in total. The fourth-order valence-electron chi connectivity index (χ4n) is 2.93. The molecule has 1 aliphatic heterocycles. The minimum atomic E-state index is -0.288. The summed E-state index contributed by atoms with van der Waals surface area (Å²) in [4.78, 5) is 22.3. The third-order valence-electron chi connectivity index (χ3n) is 3.89. The molecule has 1 atom stereocenters. The molecule has 3 rings (SSSR count). The van der Waals surface area contributed by atoms with Crippen molar-refractivity contribution in [3.63, 3.8) is 0 Å². The highest BCUT2D eigenvalue weighted by atomic mass is 16.1. The molecule has 6 heteroatoms. The van der Waals surface area contributed by atoms with Crippen LogP contribution < -0.4 is 5.73 Å². The summed E-state index contributed by atoms with van der Waals surface area (Å²) < 4.78 is 1.96. The third-order valence-corrected chi connectivity index (χ3v) is 3.89. The number of hydrogen-bond acceptors (Lipinski definition) is 4. The standard InChI is InChI=1S/C15H19N5O/c1-11-17-7-9-20(11)15-6-2-4-12(18-15)13-5-3-8-19(13)10-14(16)21/h2,4,6-7,9,13H,3,5,8,10H2,1H3,(H2,16,21). The lowest BCUT2D eigenvalue weighted by Crippen LogP contribution is -2.33. The first-order valence-corrected chi connectivity index (χ1v) is 7.15. The highest BCUT2D eigenvalue weighted by molar-refractivity contribution is 5.76. The van der Waals surface area contributed by atoms with Crippen molar-refractivity contribution in [2.24, 2.45) is 5.73 Å². The molecule has 3 heterocycles. The van der Waals surface area contributed by atoms with Crippen LogP contribution in [0.15, 0.2) is 30.6 Å². The Morgan fingerprint density at radius 1 is 1.48 bits per heavy atom. The zero-order chi connectivity index (χ0) is 14.8. The van der Waals surface area contributed by atoms with Crippen molar-refractivity contribution in [3.8, 4) is 5.82 Å². The maximum Gasteiger partial charge on any atom is 0.231 e. The van der Waals surface area contributed by atoms with Gasteiger partial charge in [-0.2, -0.15) is 0 Å². The van der Waals surface area contributed by atoms with E-state index in [2.05, 4.69) is 9.88 Å². The second-order valence-electron chi connectivity index (χ2n) is 5.36. The van der Waals surface area contributed by atoms with E-state index in [1.165, 1.54) is 0 Å². The van der Waals surface area contributed by atoms with E-state index in [1.807, 2.05) is 35.9 Å². The van der Waals surface area contributed by atoms with Gasteiger partial charge in [0.2, 0.25) is 5.91 Å². The van der Waals surface area contributed by atoms with E-state index in [9.17, 15) is 4.79 Å². The van der Waals surface area contributed by atoms with Gasteiger partial charge in [0.05, 0.1) is 18.3 Å². The average molecular weight is 285 g/mol. The monoisotopic (exact) mass is 285 g/mol. The predicted molar refractivity (Wildman–Crippen MR) is 78.8 cm³/mol. The summed E-state index contributed by atoms with van der Waals surface area (Å²) in [6.07, 6.45) is 5.73. The summed E-state index contributed by atoms with van der Waals surface area (Å²) in [5.41, 5.74) is 6.31. The van der Waals surface area contributed by atoms with Crippen molar-refractivity contribution >= 4 is 5.91 Å². The molecule has 1 fully saturated rings. The lowest BCUT2D eigenvalue weighted by Gasteiger charge is -2.22. The van der Waals surface area contributed by atoms with Crippen LogP contribution in [-0.2, 0) is 4.79 Å². The van der Waals surface area contributed by atoms with Crippen LogP contribution in [0.1, 0.15) is 30.4 Å². The lowest BCUT2D eigenvalue weighted by molar-refractivity contribution is -0.119. The number of aromatic nitrogens is 3. The van der Waals surface area contributed by atoms with Crippen LogP contribution in [0.5, 0.6) is 0 Å². The molecular formula is C15H19N5O. The van der Waals surface area contributed by atoms with Crippen LogP contribution in [0.4, 0.5) is 0 Å². The minimum absolute atomic E-state index is 0.168. The summed E-state index contributed by atoms with van der Waals surface area (Å²) in [5, 5.41) is 0. The topological polar surface area (TPSA) is 77.0 Å². The lowest BCUT2D eigenvalue weighted by atomic mass is 10.1. The van der Waals surface area contributed by atoms with E-state index in [1.54, 1.807) is 6.20 Å². The zero-order valence-electron chi connectivity index (χ0n) is 12.1. The Labute approximate surface area is 123 Å². The quantitative estimate of drug-likeness (QED) is 0.915. The van der Waals surface area contributed by atoms with Gasteiger partial charge in [-0.25, -0.2) is 9.97 Å². The molecule has 0 saturated carbocycles. The molecule has 2 aromatic rings. The normalized spacial score (nSPS) is 19.0. The van der Waals surface area contributed by atoms with Gasteiger partial charge in [0.15, 0.2) is 0 Å². The Morgan fingerprint density at radius 3 is 3.05 bits per heavy atom. The Balaban J connectivity index is 1.89. The molecule has 1 aliphatic rings. The van der Waals surface area contributed by atoms with Crippen molar-refractivity contribution in [1.82, 2.24) is 19.4 Å². The number of amides is 1. The summed E-state index contributed by atoms with van der Waals surface area (Å²) in [7, 11) is 0. The van der Waals surface area contributed by atoms with E-state index in [-0.39, 0.29) is 11.9 Å². The first-order chi connectivity index (χ1) is 10.1. The van der Waals surface area contributed by atoms with Gasteiger partial charge in [0.1, 0.15) is 11.6 Å². The smallest absolute Gasteiger partial charge is 0.231 e. The van der Waals surface area contributed by atoms with Gasteiger partial charge < -0.3 is 5.73 Å². The largest absolute Gasteiger partial charge is 0.369 e. The van der Waals surface area contributed by atoms with Gasteiger partial charge in [-0.3, -0.25) is 14.3 Å². The number of carbonyl (C=O) groups is 1. The SMILES string of the molecule is Cc1nccn1-c1cccc(C2CCCN2CC(N)=O)n1.